The van der Waals surface area contributed by atoms with Crippen LogP contribution in [0, 0.1) is 0 Å². The van der Waals surface area contributed by atoms with E-state index in [0.717, 1.165) is 25.7 Å². The van der Waals surface area contributed by atoms with Crippen LogP contribution in [0.4, 0.5) is 0 Å². The van der Waals surface area contributed by atoms with Gasteiger partial charge in [0.05, 0.1) is 13.2 Å². The molecule has 1 aromatic rings. The predicted octanol–water partition coefficient (Wildman–Crippen LogP) is 5.93. The highest BCUT2D eigenvalue weighted by Gasteiger charge is 2.06. The van der Waals surface area contributed by atoms with E-state index in [0.29, 0.717) is 23.7 Å². The van der Waals surface area contributed by atoms with Gasteiger partial charge in [0.25, 0.3) is 0 Å². The van der Waals surface area contributed by atoms with E-state index in [4.69, 9.17) is 9.47 Å². The molecular weight excluding hydrogens is 348 g/mol. The fourth-order valence-electron chi connectivity index (χ4n) is 2.54. The second kappa shape index (κ2) is 14.5. The zero-order valence-corrected chi connectivity index (χ0v) is 16.8. The minimum Gasteiger partial charge on any atom is -0.462 e. The molecule has 5 heteroatoms. The molecule has 0 radical (unpaired) electrons. The zero-order valence-electron chi connectivity index (χ0n) is 16.0. The summed E-state index contributed by atoms with van der Waals surface area (Å²) in [4.78, 5) is 23.5. The monoisotopic (exact) mass is 380 g/mol. The number of hydrogen-bond donors (Lipinski definition) is 0. The summed E-state index contributed by atoms with van der Waals surface area (Å²) >= 11 is 1.42. The first-order chi connectivity index (χ1) is 12.6. The van der Waals surface area contributed by atoms with E-state index in [1.54, 1.807) is 13.0 Å². The predicted molar refractivity (Wildman–Crippen MR) is 107 cm³/mol. The van der Waals surface area contributed by atoms with Crippen molar-refractivity contribution in [1.82, 2.24) is 0 Å². The zero-order chi connectivity index (χ0) is 19.0. The van der Waals surface area contributed by atoms with Crippen molar-refractivity contribution in [3.05, 3.63) is 34.5 Å². The average molecular weight is 381 g/mol. The van der Waals surface area contributed by atoms with Crippen molar-refractivity contribution in [2.45, 2.75) is 71.1 Å². The van der Waals surface area contributed by atoms with Crippen LogP contribution >= 0.6 is 11.3 Å². The average Bonchev–Trinajstić information content (AvgIpc) is 3.16. The van der Waals surface area contributed by atoms with Gasteiger partial charge >= 0.3 is 11.9 Å². The maximum absolute atomic E-state index is 11.6. The Morgan fingerprint density at radius 2 is 1.38 bits per heavy atom. The quantitative estimate of drug-likeness (QED) is 0.215. The Morgan fingerprint density at radius 3 is 1.85 bits per heavy atom. The molecule has 26 heavy (non-hydrogen) atoms. The second-order valence-corrected chi connectivity index (χ2v) is 7.51. The van der Waals surface area contributed by atoms with Crippen molar-refractivity contribution in [3.8, 4) is 0 Å². The molecule has 1 aromatic heterocycles. The Bertz CT molecular complexity index is 522. The van der Waals surface area contributed by atoms with Gasteiger partial charge in [0.2, 0.25) is 0 Å². The molecule has 0 aliphatic rings. The van der Waals surface area contributed by atoms with E-state index in [2.05, 4.69) is 6.58 Å². The first kappa shape index (κ1) is 22.4. The van der Waals surface area contributed by atoms with E-state index in [9.17, 15) is 9.59 Å². The number of unbranched alkanes of at least 4 members (excludes halogenated alkanes) is 9. The summed E-state index contributed by atoms with van der Waals surface area (Å²) in [6.07, 6.45) is 11.5. The van der Waals surface area contributed by atoms with Crippen LogP contribution in [-0.4, -0.2) is 25.2 Å². The number of rotatable bonds is 15. The van der Waals surface area contributed by atoms with Crippen LogP contribution in [0.5, 0.6) is 0 Å². The van der Waals surface area contributed by atoms with Crippen LogP contribution < -0.4 is 0 Å². The molecule has 0 saturated carbocycles. The first-order valence-corrected chi connectivity index (χ1v) is 10.5. The molecular formula is C21H32O4S. The van der Waals surface area contributed by atoms with E-state index in [-0.39, 0.29) is 11.9 Å². The number of thiophene rings is 1. The Labute approximate surface area is 161 Å². The summed E-state index contributed by atoms with van der Waals surface area (Å²) in [5, 5.41) is 1.88. The molecule has 4 nitrogen and oxygen atoms in total. The van der Waals surface area contributed by atoms with Crippen molar-refractivity contribution < 1.29 is 19.1 Å². The fourth-order valence-corrected chi connectivity index (χ4v) is 3.15. The van der Waals surface area contributed by atoms with Crippen LogP contribution in [0.2, 0.25) is 0 Å². The summed E-state index contributed by atoms with van der Waals surface area (Å²) in [6.45, 7) is 6.25. The van der Waals surface area contributed by atoms with Gasteiger partial charge in [0.1, 0.15) is 4.88 Å². The Kier molecular flexibility index (Phi) is 12.5. The lowest BCUT2D eigenvalue weighted by Crippen LogP contribution is -2.05. The summed E-state index contributed by atoms with van der Waals surface area (Å²) in [5.41, 5.74) is 0.464. The van der Waals surface area contributed by atoms with Gasteiger partial charge in [-0.3, -0.25) is 0 Å². The lowest BCUT2D eigenvalue weighted by Gasteiger charge is -2.05. The van der Waals surface area contributed by atoms with Crippen LogP contribution in [0.3, 0.4) is 0 Å². The summed E-state index contributed by atoms with van der Waals surface area (Å²) in [6, 6.07) is 3.65. The third kappa shape index (κ3) is 11.1. The topological polar surface area (TPSA) is 52.6 Å². The van der Waals surface area contributed by atoms with Crippen LogP contribution in [0.1, 0.15) is 80.8 Å². The smallest absolute Gasteiger partial charge is 0.348 e. The van der Waals surface area contributed by atoms with Gasteiger partial charge in [0, 0.05) is 5.57 Å². The van der Waals surface area contributed by atoms with Gasteiger partial charge in [-0.15, -0.1) is 11.3 Å². The van der Waals surface area contributed by atoms with Gasteiger partial charge in [-0.2, -0.15) is 0 Å². The summed E-state index contributed by atoms with van der Waals surface area (Å²) < 4.78 is 10.3. The molecule has 0 spiro atoms. The summed E-state index contributed by atoms with van der Waals surface area (Å²) in [7, 11) is 0. The molecule has 0 atom stereocenters. The van der Waals surface area contributed by atoms with Crippen molar-refractivity contribution in [2.24, 2.45) is 0 Å². The molecule has 0 aromatic carbocycles. The van der Waals surface area contributed by atoms with Crippen LogP contribution in [-0.2, 0) is 14.3 Å². The number of ether oxygens (including phenoxy) is 2. The third-order valence-electron chi connectivity index (χ3n) is 4.08. The third-order valence-corrected chi connectivity index (χ3v) is 4.93. The Balaban J connectivity index is 1.78. The van der Waals surface area contributed by atoms with Gasteiger partial charge in [-0.1, -0.05) is 64.0 Å². The van der Waals surface area contributed by atoms with E-state index in [1.807, 2.05) is 11.4 Å². The number of esters is 2. The maximum atomic E-state index is 11.6. The van der Waals surface area contributed by atoms with Gasteiger partial charge in [-0.25, -0.2) is 9.59 Å². The van der Waals surface area contributed by atoms with Gasteiger partial charge in [0.15, 0.2) is 0 Å². The van der Waals surface area contributed by atoms with Crippen molar-refractivity contribution in [1.29, 1.82) is 0 Å². The highest BCUT2D eigenvalue weighted by atomic mass is 32.1. The largest absolute Gasteiger partial charge is 0.462 e. The van der Waals surface area contributed by atoms with Crippen LogP contribution in [0.25, 0.3) is 0 Å². The highest BCUT2D eigenvalue weighted by molar-refractivity contribution is 7.11. The molecule has 0 aliphatic carbocycles. The minimum absolute atomic E-state index is 0.200. The standard InChI is InChI=1S/C21H32O4S/c1-18(2)20(22)24-15-11-9-7-5-3-4-6-8-10-12-16-25-21(23)19-14-13-17-26-19/h13-14,17H,1,3-12,15-16H2,2H3. The normalized spacial score (nSPS) is 10.5. The summed E-state index contributed by atoms with van der Waals surface area (Å²) in [5.74, 6) is -0.485. The van der Waals surface area contributed by atoms with Crippen molar-refractivity contribution in [2.75, 3.05) is 13.2 Å². The first-order valence-electron chi connectivity index (χ1n) is 9.64. The van der Waals surface area contributed by atoms with Gasteiger partial charge in [-0.05, 0) is 31.2 Å². The Morgan fingerprint density at radius 1 is 0.885 bits per heavy atom. The van der Waals surface area contributed by atoms with E-state index in [1.165, 1.54) is 49.9 Å². The lowest BCUT2D eigenvalue weighted by atomic mass is 10.1. The van der Waals surface area contributed by atoms with E-state index < -0.39 is 0 Å². The SMILES string of the molecule is C=C(C)C(=O)OCCCCCCCCCCCCOC(=O)c1cccs1. The molecule has 0 fully saturated rings. The number of carbonyl (C=O) groups excluding carboxylic acids is 2. The minimum atomic E-state index is -0.286. The fraction of sp³-hybridized carbons (Fsp3) is 0.619. The molecule has 0 N–H and O–H groups in total. The van der Waals surface area contributed by atoms with Crippen molar-refractivity contribution in [3.63, 3.8) is 0 Å². The van der Waals surface area contributed by atoms with Crippen LogP contribution in [0.15, 0.2) is 29.7 Å². The van der Waals surface area contributed by atoms with Crippen molar-refractivity contribution >= 4 is 23.3 Å². The molecule has 0 amide bonds. The highest BCUT2D eigenvalue weighted by Crippen LogP contribution is 2.12. The van der Waals surface area contributed by atoms with E-state index >= 15 is 0 Å². The maximum Gasteiger partial charge on any atom is 0.348 e. The molecule has 146 valence electrons. The Hall–Kier alpha value is -1.62. The number of carbonyl (C=O) groups is 2. The molecule has 0 bridgehead atoms. The second-order valence-electron chi connectivity index (χ2n) is 6.57. The van der Waals surface area contributed by atoms with Gasteiger partial charge < -0.3 is 9.47 Å². The molecule has 0 saturated heterocycles. The molecule has 1 rings (SSSR count). The number of hydrogen-bond acceptors (Lipinski definition) is 5. The molecule has 1 heterocycles. The lowest BCUT2D eigenvalue weighted by molar-refractivity contribution is -0.139. The molecule has 0 aliphatic heterocycles. The molecule has 0 unspecified atom stereocenters.